The van der Waals surface area contributed by atoms with E-state index in [2.05, 4.69) is 43.4 Å². The summed E-state index contributed by atoms with van der Waals surface area (Å²) in [5, 5.41) is 3.42. The number of hydrogen-bond acceptors (Lipinski definition) is 2. The van der Waals surface area contributed by atoms with Gasteiger partial charge in [-0.05, 0) is 43.5 Å². The SMILES string of the molecule is CCCNCCc1ccc(COCCC)cc1. The van der Waals surface area contributed by atoms with Crippen LogP contribution in [-0.4, -0.2) is 19.7 Å². The van der Waals surface area contributed by atoms with Crippen molar-refractivity contribution in [2.45, 2.75) is 39.7 Å². The third kappa shape index (κ3) is 6.44. The van der Waals surface area contributed by atoms with Gasteiger partial charge in [-0.25, -0.2) is 0 Å². The van der Waals surface area contributed by atoms with E-state index in [0.717, 1.165) is 39.1 Å². The summed E-state index contributed by atoms with van der Waals surface area (Å²) in [5.41, 5.74) is 2.66. The second kappa shape index (κ2) is 9.20. The van der Waals surface area contributed by atoms with Gasteiger partial charge in [-0.3, -0.25) is 0 Å². The van der Waals surface area contributed by atoms with Gasteiger partial charge in [0, 0.05) is 6.61 Å². The van der Waals surface area contributed by atoms with Crippen LogP contribution in [0.15, 0.2) is 24.3 Å². The zero-order chi connectivity index (χ0) is 12.3. The Morgan fingerprint density at radius 3 is 2.29 bits per heavy atom. The molecule has 0 amide bonds. The summed E-state index contributed by atoms with van der Waals surface area (Å²) >= 11 is 0. The van der Waals surface area contributed by atoms with E-state index in [-0.39, 0.29) is 0 Å². The largest absolute Gasteiger partial charge is 0.377 e. The van der Waals surface area contributed by atoms with Crippen LogP contribution in [0.4, 0.5) is 0 Å². The molecule has 96 valence electrons. The second-order valence-corrected chi connectivity index (χ2v) is 4.37. The lowest BCUT2D eigenvalue weighted by Gasteiger charge is -2.06. The number of nitrogens with one attached hydrogen (secondary N) is 1. The van der Waals surface area contributed by atoms with Crippen molar-refractivity contribution in [2.24, 2.45) is 0 Å². The molecule has 1 N–H and O–H groups in total. The van der Waals surface area contributed by atoms with Gasteiger partial charge < -0.3 is 10.1 Å². The Hall–Kier alpha value is -0.860. The van der Waals surface area contributed by atoms with E-state index in [0.29, 0.717) is 0 Å². The Labute approximate surface area is 105 Å². The lowest BCUT2D eigenvalue weighted by molar-refractivity contribution is 0.121. The molecule has 0 saturated carbocycles. The summed E-state index contributed by atoms with van der Waals surface area (Å²) in [6.07, 6.45) is 3.39. The minimum atomic E-state index is 0.738. The third-order valence-electron chi connectivity index (χ3n) is 2.66. The lowest BCUT2D eigenvalue weighted by Crippen LogP contribution is -2.17. The number of hydrogen-bond donors (Lipinski definition) is 1. The predicted octanol–water partition coefficient (Wildman–Crippen LogP) is 3.16. The minimum absolute atomic E-state index is 0.738. The fraction of sp³-hybridized carbons (Fsp3) is 0.600. The summed E-state index contributed by atoms with van der Waals surface area (Å²) in [7, 11) is 0. The zero-order valence-corrected chi connectivity index (χ0v) is 11.2. The van der Waals surface area contributed by atoms with Gasteiger partial charge in [0.15, 0.2) is 0 Å². The zero-order valence-electron chi connectivity index (χ0n) is 11.2. The minimum Gasteiger partial charge on any atom is -0.377 e. The highest BCUT2D eigenvalue weighted by Gasteiger charge is 1.95. The molecule has 2 heteroatoms. The van der Waals surface area contributed by atoms with Gasteiger partial charge >= 0.3 is 0 Å². The number of benzene rings is 1. The monoisotopic (exact) mass is 235 g/mol. The van der Waals surface area contributed by atoms with E-state index < -0.39 is 0 Å². The molecule has 0 aromatic heterocycles. The summed E-state index contributed by atoms with van der Waals surface area (Å²) < 4.78 is 5.51. The van der Waals surface area contributed by atoms with Gasteiger partial charge in [0.2, 0.25) is 0 Å². The molecule has 1 aromatic rings. The second-order valence-electron chi connectivity index (χ2n) is 4.37. The van der Waals surface area contributed by atoms with Crippen LogP contribution in [0, 0.1) is 0 Å². The van der Waals surface area contributed by atoms with Crippen LogP contribution >= 0.6 is 0 Å². The molecule has 0 bridgehead atoms. The maximum absolute atomic E-state index is 5.51. The van der Waals surface area contributed by atoms with Crippen molar-refractivity contribution in [3.8, 4) is 0 Å². The Morgan fingerprint density at radius 1 is 0.941 bits per heavy atom. The molecule has 0 radical (unpaired) electrons. The molecule has 0 unspecified atom stereocenters. The van der Waals surface area contributed by atoms with Crippen LogP contribution in [0.3, 0.4) is 0 Å². The molecule has 1 aromatic carbocycles. The van der Waals surface area contributed by atoms with Crippen LogP contribution in [-0.2, 0) is 17.8 Å². The fourth-order valence-corrected chi connectivity index (χ4v) is 1.67. The van der Waals surface area contributed by atoms with E-state index in [1.54, 1.807) is 0 Å². The molecule has 0 aliphatic rings. The number of rotatable bonds is 9. The maximum Gasteiger partial charge on any atom is 0.0716 e. The van der Waals surface area contributed by atoms with E-state index >= 15 is 0 Å². The quantitative estimate of drug-likeness (QED) is 0.664. The first-order chi connectivity index (χ1) is 8.36. The van der Waals surface area contributed by atoms with Crippen molar-refractivity contribution < 1.29 is 4.74 Å². The van der Waals surface area contributed by atoms with Crippen LogP contribution in [0.2, 0.25) is 0 Å². The summed E-state index contributed by atoms with van der Waals surface area (Å²) in [6, 6.07) is 8.76. The molecule has 0 fully saturated rings. The molecule has 0 spiro atoms. The summed E-state index contributed by atoms with van der Waals surface area (Å²) in [4.78, 5) is 0. The van der Waals surface area contributed by atoms with Crippen LogP contribution in [0.5, 0.6) is 0 Å². The van der Waals surface area contributed by atoms with Crippen LogP contribution < -0.4 is 5.32 Å². The Morgan fingerprint density at radius 2 is 1.65 bits per heavy atom. The topological polar surface area (TPSA) is 21.3 Å². The smallest absolute Gasteiger partial charge is 0.0716 e. The fourth-order valence-electron chi connectivity index (χ4n) is 1.67. The molecular formula is C15H25NO. The lowest BCUT2D eigenvalue weighted by atomic mass is 10.1. The van der Waals surface area contributed by atoms with Crippen molar-refractivity contribution >= 4 is 0 Å². The first-order valence-corrected chi connectivity index (χ1v) is 6.73. The van der Waals surface area contributed by atoms with Gasteiger partial charge in [0.25, 0.3) is 0 Å². The number of ether oxygens (including phenoxy) is 1. The van der Waals surface area contributed by atoms with E-state index in [9.17, 15) is 0 Å². The van der Waals surface area contributed by atoms with Gasteiger partial charge in [0.05, 0.1) is 6.61 Å². The molecule has 0 aliphatic carbocycles. The van der Waals surface area contributed by atoms with Crippen molar-refractivity contribution in [2.75, 3.05) is 19.7 Å². The summed E-state index contributed by atoms with van der Waals surface area (Å²) in [5.74, 6) is 0. The average Bonchev–Trinajstić information content (AvgIpc) is 2.37. The highest BCUT2D eigenvalue weighted by Crippen LogP contribution is 2.06. The highest BCUT2D eigenvalue weighted by atomic mass is 16.5. The Balaban J connectivity index is 2.24. The maximum atomic E-state index is 5.51. The average molecular weight is 235 g/mol. The van der Waals surface area contributed by atoms with Crippen molar-refractivity contribution in [1.82, 2.24) is 5.32 Å². The molecule has 0 heterocycles. The third-order valence-corrected chi connectivity index (χ3v) is 2.66. The van der Waals surface area contributed by atoms with Gasteiger partial charge in [-0.15, -0.1) is 0 Å². The Bertz CT molecular complexity index is 281. The molecule has 0 atom stereocenters. The predicted molar refractivity (Wildman–Crippen MR) is 73.3 cm³/mol. The highest BCUT2D eigenvalue weighted by molar-refractivity contribution is 5.22. The molecule has 1 rings (SSSR count). The molecule has 0 aliphatic heterocycles. The van der Waals surface area contributed by atoms with Gasteiger partial charge in [-0.2, -0.15) is 0 Å². The molecule has 17 heavy (non-hydrogen) atoms. The normalized spacial score (nSPS) is 10.7. The van der Waals surface area contributed by atoms with Gasteiger partial charge in [-0.1, -0.05) is 38.1 Å². The van der Waals surface area contributed by atoms with Crippen molar-refractivity contribution in [3.05, 3.63) is 35.4 Å². The molecular weight excluding hydrogens is 210 g/mol. The van der Waals surface area contributed by atoms with Crippen molar-refractivity contribution in [1.29, 1.82) is 0 Å². The van der Waals surface area contributed by atoms with E-state index in [1.165, 1.54) is 17.5 Å². The van der Waals surface area contributed by atoms with Crippen LogP contribution in [0.25, 0.3) is 0 Å². The first-order valence-electron chi connectivity index (χ1n) is 6.73. The van der Waals surface area contributed by atoms with Crippen LogP contribution in [0.1, 0.15) is 37.8 Å². The van der Waals surface area contributed by atoms with Gasteiger partial charge in [0.1, 0.15) is 0 Å². The first kappa shape index (κ1) is 14.2. The van der Waals surface area contributed by atoms with E-state index in [1.807, 2.05) is 0 Å². The van der Waals surface area contributed by atoms with E-state index in [4.69, 9.17) is 4.74 Å². The van der Waals surface area contributed by atoms with Crippen molar-refractivity contribution in [3.63, 3.8) is 0 Å². The Kier molecular flexibility index (Phi) is 7.69. The summed E-state index contributed by atoms with van der Waals surface area (Å²) in [6.45, 7) is 8.10. The molecule has 2 nitrogen and oxygen atoms in total. The standard InChI is InChI=1S/C15H25NO/c1-3-10-16-11-9-14-5-7-15(8-6-14)13-17-12-4-2/h5-8,16H,3-4,9-13H2,1-2H3. The molecule has 0 saturated heterocycles.